The van der Waals surface area contributed by atoms with Crippen molar-refractivity contribution in [2.24, 2.45) is 10.5 Å². The number of carboxylic acid groups (broad SMARTS) is 1. The lowest BCUT2D eigenvalue weighted by atomic mass is 9.90. The summed E-state index contributed by atoms with van der Waals surface area (Å²) in [4.78, 5) is 37.6. The van der Waals surface area contributed by atoms with Gasteiger partial charge in [0.15, 0.2) is 0 Å². The monoisotopic (exact) mass is 329 g/mol. The highest BCUT2D eigenvalue weighted by Gasteiger charge is 2.43. The number of hydrazone groups is 1. The number of carboxylic acids is 1. The van der Waals surface area contributed by atoms with Crippen LogP contribution in [0.5, 0.6) is 0 Å². The number of para-hydroxylation sites is 1. The number of amides is 2. The Hall–Kier alpha value is -2.70. The van der Waals surface area contributed by atoms with E-state index in [9.17, 15) is 19.5 Å². The first-order valence-corrected chi connectivity index (χ1v) is 7.89. The number of carbonyl (C=O) groups is 3. The lowest BCUT2D eigenvalue weighted by molar-refractivity contribution is -0.147. The fourth-order valence-corrected chi connectivity index (χ4v) is 2.97. The van der Waals surface area contributed by atoms with Crippen LogP contribution in [-0.2, 0) is 14.4 Å². The molecule has 1 saturated heterocycles. The lowest BCUT2D eigenvalue weighted by Crippen LogP contribution is -2.42. The molecule has 7 heteroatoms. The number of rotatable bonds is 3. The van der Waals surface area contributed by atoms with E-state index in [0.717, 1.165) is 0 Å². The molecule has 2 aliphatic rings. The average molecular weight is 329 g/mol. The molecular formula is C17H19N3O4. The first-order valence-electron chi connectivity index (χ1n) is 7.89. The molecule has 0 aromatic heterocycles. The molecule has 7 nitrogen and oxygen atoms in total. The van der Waals surface area contributed by atoms with Gasteiger partial charge < -0.3 is 10.0 Å². The van der Waals surface area contributed by atoms with Crippen molar-refractivity contribution in [2.45, 2.75) is 26.2 Å². The van der Waals surface area contributed by atoms with E-state index in [1.807, 2.05) is 6.07 Å². The maximum absolute atomic E-state index is 12.7. The molecule has 1 fully saturated rings. The van der Waals surface area contributed by atoms with Crippen molar-refractivity contribution in [3.05, 3.63) is 30.3 Å². The Morgan fingerprint density at radius 1 is 1.21 bits per heavy atom. The summed E-state index contributed by atoms with van der Waals surface area (Å²) in [5.41, 5.74) is -0.00259. The Kier molecular flexibility index (Phi) is 4.09. The Labute approximate surface area is 139 Å². The van der Waals surface area contributed by atoms with E-state index in [2.05, 4.69) is 5.10 Å². The number of nitrogens with zero attached hydrogens (tertiary/aromatic N) is 3. The van der Waals surface area contributed by atoms with E-state index in [-0.39, 0.29) is 31.2 Å². The average Bonchev–Trinajstić information content (AvgIpc) is 2.99. The van der Waals surface area contributed by atoms with Gasteiger partial charge in [0.1, 0.15) is 5.71 Å². The summed E-state index contributed by atoms with van der Waals surface area (Å²) in [6.45, 7) is 2.20. The molecule has 1 atom stereocenters. The molecule has 2 heterocycles. The highest BCUT2D eigenvalue weighted by molar-refractivity contribution is 6.40. The van der Waals surface area contributed by atoms with E-state index in [4.69, 9.17) is 0 Å². The number of aliphatic carboxylic acids is 1. The van der Waals surface area contributed by atoms with Gasteiger partial charge in [0, 0.05) is 25.9 Å². The molecule has 3 rings (SSSR count). The summed E-state index contributed by atoms with van der Waals surface area (Å²) in [6.07, 6.45) is 0.910. The Bertz CT molecular complexity index is 716. The second-order valence-corrected chi connectivity index (χ2v) is 6.43. The molecule has 1 unspecified atom stereocenters. The molecular weight excluding hydrogens is 310 g/mol. The number of likely N-dealkylation sites (tertiary alicyclic amines) is 1. The van der Waals surface area contributed by atoms with E-state index >= 15 is 0 Å². The third-order valence-electron chi connectivity index (χ3n) is 4.56. The minimum absolute atomic E-state index is 0.158. The van der Waals surface area contributed by atoms with Crippen LogP contribution in [0.2, 0.25) is 0 Å². The van der Waals surface area contributed by atoms with Crippen molar-refractivity contribution in [1.82, 2.24) is 4.90 Å². The largest absolute Gasteiger partial charge is 0.481 e. The van der Waals surface area contributed by atoms with Gasteiger partial charge in [-0.15, -0.1) is 0 Å². The number of carbonyl (C=O) groups excluding carboxylic acids is 2. The Morgan fingerprint density at radius 2 is 1.92 bits per heavy atom. The summed E-state index contributed by atoms with van der Waals surface area (Å²) < 4.78 is 0. The van der Waals surface area contributed by atoms with Crippen LogP contribution < -0.4 is 5.01 Å². The summed E-state index contributed by atoms with van der Waals surface area (Å²) >= 11 is 0. The van der Waals surface area contributed by atoms with Gasteiger partial charge in [0.2, 0.25) is 5.91 Å². The van der Waals surface area contributed by atoms with Crippen LogP contribution in [0.4, 0.5) is 5.69 Å². The zero-order valence-electron chi connectivity index (χ0n) is 13.4. The molecule has 0 spiro atoms. The fourth-order valence-electron chi connectivity index (χ4n) is 2.97. The van der Waals surface area contributed by atoms with E-state index in [0.29, 0.717) is 24.4 Å². The standard InChI is InChI=1S/C17H19N3O4/c1-17(16(23)24)9-10-19(11-17)15(22)13-7-8-14(21)20(18-13)12-5-3-2-4-6-12/h2-6H,7-11H2,1H3,(H,23,24). The first kappa shape index (κ1) is 16.2. The molecule has 0 saturated carbocycles. The summed E-state index contributed by atoms with van der Waals surface area (Å²) in [6, 6.07) is 8.95. The number of hydrogen-bond acceptors (Lipinski definition) is 4. The zero-order valence-corrected chi connectivity index (χ0v) is 13.4. The van der Waals surface area contributed by atoms with Crippen molar-refractivity contribution in [3.8, 4) is 0 Å². The van der Waals surface area contributed by atoms with Gasteiger partial charge in [-0.25, -0.2) is 5.01 Å². The van der Waals surface area contributed by atoms with E-state index in [1.54, 1.807) is 31.2 Å². The van der Waals surface area contributed by atoms with Crippen molar-refractivity contribution in [1.29, 1.82) is 0 Å². The van der Waals surface area contributed by atoms with E-state index in [1.165, 1.54) is 9.91 Å². The van der Waals surface area contributed by atoms with Crippen LogP contribution in [0.15, 0.2) is 35.4 Å². The Balaban J connectivity index is 1.80. The molecule has 24 heavy (non-hydrogen) atoms. The van der Waals surface area contributed by atoms with Crippen LogP contribution in [0, 0.1) is 5.41 Å². The van der Waals surface area contributed by atoms with Gasteiger partial charge >= 0.3 is 5.97 Å². The van der Waals surface area contributed by atoms with Crippen molar-refractivity contribution in [3.63, 3.8) is 0 Å². The second-order valence-electron chi connectivity index (χ2n) is 6.43. The maximum Gasteiger partial charge on any atom is 0.311 e. The minimum Gasteiger partial charge on any atom is -0.481 e. The lowest BCUT2D eigenvalue weighted by Gasteiger charge is -2.26. The van der Waals surface area contributed by atoms with Crippen LogP contribution in [0.25, 0.3) is 0 Å². The Morgan fingerprint density at radius 3 is 2.54 bits per heavy atom. The third-order valence-corrected chi connectivity index (χ3v) is 4.56. The minimum atomic E-state index is -0.917. The molecule has 1 aromatic carbocycles. The third kappa shape index (κ3) is 2.89. The predicted octanol–water partition coefficient (Wildman–Crippen LogP) is 1.49. The summed E-state index contributed by atoms with van der Waals surface area (Å²) in [5.74, 6) is -1.34. The van der Waals surface area contributed by atoms with Gasteiger partial charge in [-0.2, -0.15) is 5.10 Å². The smallest absolute Gasteiger partial charge is 0.311 e. The molecule has 2 aliphatic heterocycles. The van der Waals surface area contributed by atoms with E-state index < -0.39 is 11.4 Å². The molecule has 1 N–H and O–H groups in total. The van der Waals surface area contributed by atoms with Gasteiger partial charge in [0.05, 0.1) is 11.1 Å². The quantitative estimate of drug-likeness (QED) is 0.910. The van der Waals surface area contributed by atoms with Crippen LogP contribution in [0.1, 0.15) is 26.2 Å². The highest BCUT2D eigenvalue weighted by atomic mass is 16.4. The molecule has 0 aliphatic carbocycles. The van der Waals surface area contributed by atoms with Gasteiger partial charge in [-0.3, -0.25) is 14.4 Å². The number of hydrogen-bond donors (Lipinski definition) is 1. The van der Waals surface area contributed by atoms with Gasteiger partial charge in [-0.05, 0) is 25.5 Å². The molecule has 126 valence electrons. The molecule has 0 radical (unpaired) electrons. The van der Waals surface area contributed by atoms with Crippen molar-refractivity contribution < 1.29 is 19.5 Å². The summed E-state index contributed by atoms with van der Waals surface area (Å²) in [5, 5.41) is 14.8. The maximum atomic E-state index is 12.7. The van der Waals surface area contributed by atoms with Crippen molar-refractivity contribution in [2.75, 3.05) is 18.1 Å². The molecule has 2 amide bonds. The van der Waals surface area contributed by atoms with Crippen LogP contribution in [0.3, 0.4) is 0 Å². The molecule has 1 aromatic rings. The SMILES string of the molecule is CC1(C(=O)O)CCN(C(=O)C2=NN(c3ccccc3)C(=O)CC2)C1. The first-order chi connectivity index (χ1) is 11.4. The summed E-state index contributed by atoms with van der Waals surface area (Å²) in [7, 11) is 0. The number of anilines is 1. The van der Waals surface area contributed by atoms with Gasteiger partial charge in [0.25, 0.3) is 5.91 Å². The highest BCUT2D eigenvalue weighted by Crippen LogP contribution is 2.31. The normalized spacial score (nSPS) is 24.0. The van der Waals surface area contributed by atoms with Crippen molar-refractivity contribution >= 4 is 29.2 Å². The van der Waals surface area contributed by atoms with Crippen LogP contribution >= 0.6 is 0 Å². The van der Waals surface area contributed by atoms with Crippen LogP contribution in [-0.4, -0.2) is 46.6 Å². The molecule has 0 bridgehead atoms. The fraction of sp³-hybridized carbons (Fsp3) is 0.412. The predicted molar refractivity (Wildman–Crippen MR) is 87.5 cm³/mol. The topological polar surface area (TPSA) is 90.3 Å². The number of benzene rings is 1. The zero-order chi connectivity index (χ0) is 17.3. The second kappa shape index (κ2) is 6.07. The van der Waals surface area contributed by atoms with Gasteiger partial charge in [-0.1, -0.05) is 18.2 Å².